The Morgan fingerprint density at radius 3 is 2.38 bits per heavy atom. The number of hydrogen-bond donors (Lipinski definition) is 2. The summed E-state index contributed by atoms with van der Waals surface area (Å²) in [6.45, 7) is 5.36. The van der Waals surface area contributed by atoms with Crippen molar-refractivity contribution < 1.29 is 4.21 Å². The van der Waals surface area contributed by atoms with E-state index in [-0.39, 0.29) is 0 Å². The number of rotatable bonds is 7. The fourth-order valence-corrected chi connectivity index (χ4v) is 2.61. The van der Waals surface area contributed by atoms with E-state index in [0.717, 1.165) is 25.6 Å². The minimum Gasteiger partial charge on any atom is -0.354 e. The Morgan fingerprint density at radius 1 is 1.10 bits per heavy atom. The third-order valence-corrected chi connectivity index (χ3v) is 4.05. The van der Waals surface area contributed by atoms with Gasteiger partial charge in [0.05, 0.1) is 0 Å². The van der Waals surface area contributed by atoms with E-state index >= 15 is 0 Å². The van der Waals surface area contributed by atoms with Gasteiger partial charge in [0.2, 0.25) is 17.8 Å². The van der Waals surface area contributed by atoms with Gasteiger partial charge >= 0.3 is 0 Å². The Kier molecular flexibility index (Phi) is 6.16. The molecule has 21 heavy (non-hydrogen) atoms. The molecule has 1 unspecified atom stereocenters. The average Bonchev–Trinajstić information content (AvgIpc) is 2.48. The summed E-state index contributed by atoms with van der Waals surface area (Å²) < 4.78 is 11.1. The molecule has 1 aliphatic heterocycles. The first-order chi connectivity index (χ1) is 10.2. The second-order valence-electron chi connectivity index (χ2n) is 5.06. The first kappa shape index (κ1) is 15.9. The molecule has 0 aromatic carbocycles. The predicted octanol–water partition coefficient (Wildman–Crippen LogP) is 1.08. The van der Waals surface area contributed by atoms with Gasteiger partial charge in [-0.2, -0.15) is 15.0 Å². The van der Waals surface area contributed by atoms with Crippen molar-refractivity contribution in [3.8, 4) is 0 Å². The molecule has 0 spiro atoms. The molecule has 0 bridgehead atoms. The minimum atomic E-state index is -0.817. The van der Waals surface area contributed by atoms with E-state index in [9.17, 15) is 4.21 Å². The molecule has 1 aromatic rings. The lowest BCUT2D eigenvalue weighted by molar-refractivity contribution is 0.568. The molecular weight excluding hydrogens is 288 g/mol. The monoisotopic (exact) mass is 312 g/mol. The summed E-state index contributed by atoms with van der Waals surface area (Å²) in [4.78, 5) is 15.5. The third-order valence-electron chi connectivity index (χ3n) is 3.27. The Bertz CT molecular complexity index is 478. The highest BCUT2D eigenvalue weighted by Gasteiger charge is 2.16. The number of aromatic nitrogens is 3. The summed E-state index contributed by atoms with van der Waals surface area (Å²) in [6, 6.07) is 0. The lowest BCUT2D eigenvalue weighted by Crippen LogP contribution is -2.31. The number of nitrogens with zero attached hydrogens (tertiary/aromatic N) is 4. The largest absolute Gasteiger partial charge is 0.354 e. The molecule has 1 aliphatic rings. The molecule has 8 heteroatoms. The van der Waals surface area contributed by atoms with Gasteiger partial charge in [-0.25, -0.2) is 0 Å². The van der Waals surface area contributed by atoms with Crippen LogP contribution in [0.2, 0.25) is 0 Å². The molecule has 1 atom stereocenters. The van der Waals surface area contributed by atoms with Crippen LogP contribution < -0.4 is 15.5 Å². The Labute approximate surface area is 128 Å². The van der Waals surface area contributed by atoms with Gasteiger partial charge in [0.15, 0.2) is 0 Å². The van der Waals surface area contributed by atoms with Crippen molar-refractivity contribution in [3.63, 3.8) is 0 Å². The number of nitrogens with one attached hydrogen (secondary N) is 2. The van der Waals surface area contributed by atoms with Crippen LogP contribution in [0.5, 0.6) is 0 Å². The Hall–Kier alpha value is -1.44. The molecule has 0 aliphatic carbocycles. The summed E-state index contributed by atoms with van der Waals surface area (Å²) in [6.07, 6.45) is 5.33. The molecule has 0 saturated carbocycles. The van der Waals surface area contributed by atoms with Gasteiger partial charge in [-0.15, -0.1) is 0 Å². The van der Waals surface area contributed by atoms with Crippen LogP contribution in [0.4, 0.5) is 17.8 Å². The molecule has 2 rings (SSSR count). The number of hydrogen-bond acceptors (Lipinski definition) is 7. The molecule has 1 saturated heterocycles. The van der Waals surface area contributed by atoms with E-state index in [1.165, 1.54) is 19.3 Å². The van der Waals surface area contributed by atoms with Crippen LogP contribution in [-0.4, -0.2) is 57.3 Å². The Balaban J connectivity index is 2.10. The fourth-order valence-electron chi connectivity index (χ4n) is 2.22. The van der Waals surface area contributed by atoms with Gasteiger partial charge in [0, 0.05) is 49.0 Å². The van der Waals surface area contributed by atoms with Crippen LogP contribution in [0.3, 0.4) is 0 Å². The molecule has 2 heterocycles. The van der Waals surface area contributed by atoms with Crippen LogP contribution in [0.25, 0.3) is 0 Å². The smallest absolute Gasteiger partial charge is 0.231 e. The van der Waals surface area contributed by atoms with E-state index in [1.54, 1.807) is 6.26 Å². The molecule has 1 fully saturated rings. The van der Waals surface area contributed by atoms with E-state index in [2.05, 4.69) is 30.5 Å². The van der Waals surface area contributed by atoms with Gasteiger partial charge in [0.1, 0.15) is 0 Å². The summed E-state index contributed by atoms with van der Waals surface area (Å²) in [5, 5.41) is 6.27. The maximum Gasteiger partial charge on any atom is 0.231 e. The molecule has 118 valence electrons. The van der Waals surface area contributed by atoms with Crippen molar-refractivity contribution in [1.29, 1.82) is 0 Å². The molecule has 0 radical (unpaired) electrons. The topological polar surface area (TPSA) is 83.0 Å². The SMILES string of the molecule is CCNc1nc(NCCS(C)=O)nc(N2CCCCC2)n1. The second kappa shape index (κ2) is 8.11. The highest BCUT2D eigenvalue weighted by molar-refractivity contribution is 7.84. The third kappa shape index (κ3) is 5.11. The van der Waals surface area contributed by atoms with Gasteiger partial charge in [-0.05, 0) is 26.2 Å². The van der Waals surface area contributed by atoms with Gasteiger partial charge in [-0.1, -0.05) is 0 Å². The quantitative estimate of drug-likeness (QED) is 0.779. The molecule has 1 aromatic heterocycles. The first-order valence-electron chi connectivity index (χ1n) is 7.48. The second-order valence-corrected chi connectivity index (χ2v) is 6.62. The van der Waals surface area contributed by atoms with Crippen molar-refractivity contribution >= 4 is 28.6 Å². The fraction of sp³-hybridized carbons (Fsp3) is 0.769. The Morgan fingerprint density at radius 2 is 1.76 bits per heavy atom. The van der Waals surface area contributed by atoms with Crippen LogP contribution in [0.1, 0.15) is 26.2 Å². The number of anilines is 3. The summed E-state index contributed by atoms with van der Waals surface area (Å²) >= 11 is 0. The van der Waals surface area contributed by atoms with Crippen molar-refractivity contribution in [2.45, 2.75) is 26.2 Å². The average molecular weight is 312 g/mol. The highest BCUT2D eigenvalue weighted by atomic mass is 32.2. The first-order valence-corrected chi connectivity index (χ1v) is 9.20. The lowest BCUT2D eigenvalue weighted by Gasteiger charge is -2.27. The molecule has 2 N–H and O–H groups in total. The maximum absolute atomic E-state index is 11.1. The van der Waals surface area contributed by atoms with E-state index in [4.69, 9.17) is 0 Å². The van der Waals surface area contributed by atoms with Crippen molar-refractivity contribution in [1.82, 2.24) is 15.0 Å². The van der Waals surface area contributed by atoms with Crippen molar-refractivity contribution in [2.24, 2.45) is 0 Å². The van der Waals surface area contributed by atoms with E-state index in [0.29, 0.717) is 24.2 Å². The zero-order valence-corrected chi connectivity index (χ0v) is 13.6. The molecule has 0 amide bonds. The van der Waals surface area contributed by atoms with Gasteiger partial charge < -0.3 is 15.5 Å². The minimum absolute atomic E-state index is 0.548. The van der Waals surface area contributed by atoms with Crippen LogP contribution in [0.15, 0.2) is 0 Å². The zero-order chi connectivity index (χ0) is 15.1. The lowest BCUT2D eigenvalue weighted by atomic mass is 10.1. The van der Waals surface area contributed by atoms with Gasteiger partial charge in [-0.3, -0.25) is 4.21 Å². The summed E-state index contributed by atoms with van der Waals surface area (Å²) in [7, 11) is -0.817. The number of piperidine rings is 1. The van der Waals surface area contributed by atoms with Crippen LogP contribution in [0, 0.1) is 0 Å². The van der Waals surface area contributed by atoms with E-state index < -0.39 is 10.8 Å². The zero-order valence-electron chi connectivity index (χ0n) is 12.8. The van der Waals surface area contributed by atoms with Gasteiger partial charge in [0.25, 0.3) is 0 Å². The molecule has 7 nitrogen and oxygen atoms in total. The standard InChI is InChI=1S/C13H24N6OS/c1-3-14-11-16-12(15-7-10-21(2)20)18-13(17-11)19-8-5-4-6-9-19/h3-10H2,1-2H3,(H2,14,15,16,17,18). The van der Waals surface area contributed by atoms with Crippen LogP contribution >= 0.6 is 0 Å². The van der Waals surface area contributed by atoms with E-state index in [1.807, 2.05) is 6.92 Å². The normalized spacial score (nSPS) is 16.6. The van der Waals surface area contributed by atoms with Crippen molar-refractivity contribution in [2.75, 3.05) is 53.7 Å². The highest BCUT2D eigenvalue weighted by Crippen LogP contribution is 2.18. The summed E-state index contributed by atoms with van der Waals surface area (Å²) in [5.41, 5.74) is 0. The van der Waals surface area contributed by atoms with Crippen LogP contribution in [-0.2, 0) is 10.8 Å². The molecular formula is C13H24N6OS. The summed E-state index contributed by atoms with van der Waals surface area (Å²) in [5.74, 6) is 2.45. The predicted molar refractivity (Wildman–Crippen MR) is 87.5 cm³/mol. The maximum atomic E-state index is 11.1. The van der Waals surface area contributed by atoms with Crippen molar-refractivity contribution in [3.05, 3.63) is 0 Å².